The first-order valence-corrected chi connectivity index (χ1v) is 5.81. The molecule has 16 heavy (non-hydrogen) atoms. The predicted molar refractivity (Wildman–Crippen MR) is 63.0 cm³/mol. The molecule has 0 bridgehead atoms. The molecular weight excluding hydrogens is 204 g/mol. The average molecular weight is 226 g/mol. The summed E-state index contributed by atoms with van der Waals surface area (Å²) in [7, 11) is 1.94. The lowest BCUT2D eigenvalue weighted by Gasteiger charge is -2.07. The van der Waals surface area contributed by atoms with Crippen LogP contribution in [-0.4, -0.2) is 34.5 Å². The Bertz CT molecular complexity index is 285. The highest BCUT2D eigenvalue weighted by molar-refractivity contribution is 4.82. The van der Waals surface area contributed by atoms with Gasteiger partial charge in [0.15, 0.2) is 0 Å². The van der Waals surface area contributed by atoms with E-state index in [1.807, 2.05) is 11.6 Å². The molecule has 0 saturated carbocycles. The number of nitrogens with one attached hydrogen (secondary N) is 1. The second kappa shape index (κ2) is 7.35. The summed E-state index contributed by atoms with van der Waals surface area (Å²) in [5.41, 5.74) is 0. The van der Waals surface area contributed by atoms with Crippen LogP contribution in [0.4, 0.5) is 0 Å². The van der Waals surface area contributed by atoms with E-state index in [0.29, 0.717) is 5.92 Å². The fraction of sp³-hybridized carbons (Fsp3) is 0.818. The van der Waals surface area contributed by atoms with Gasteiger partial charge in [0.2, 0.25) is 0 Å². The molecule has 0 atom stereocenters. The number of rotatable bonds is 8. The summed E-state index contributed by atoms with van der Waals surface area (Å²) in [6, 6.07) is 0. The molecule has 0 aliphatic carbocycles. The standard InChI is InChI=1S/C11H22N4O/c1-10(2)4-6-16-7-5-12-8-11-14-13-9-15(11)3/h9-10,12H,4-8H2,1-3H3. The Labute approximate surface area is 97.2 Å². The van der Waals surface area contributed by atoms with Crippen molar-refractivity contribution in [3.63, 3.8) is 0 Å². The molecule has 1 aromatic heterocycles. The van der Waals surface area contributed by atoms with Gasteiger partial charge in [-0.25, -0.2) is 0 Å². The lowest BCUT2D eigenvalue weighted by molar-refractivity contribution is 0.125. The topological polar surface area (TPSA) is 52.0 Å². The van der Waals surface area contributed by atoms with Crippen LogP contribution >= 0.6 is 0 Å². The Morgan fingerprint density at radius 2 is 2.25 bits per heavy atom. The van der Waals surface area contributed by atoms with Crippen LogP contribution in [0.1, 0.15) is 26.1 Å². The van der Waals surface area contributed by atoms with Gasteiger partial charge in [0.05, 0.1) is 13.2 Å². The SMILES string of the molecule is CC(C)CCOCCNCc1nncn1C. The number of hydrogen-bond acceptors (Lipinski definition) is 4. The van der Waals surface area contributed by atoms with E-state index in [-0.39, 0.29) is 0 Å². The zero-order valence-electron chi connectivity index (χ0n) is 10.4. The van der Waals surface area contributed by atoms with Gasteiger partial charge in [0.25, 0.3) is 0 Å². The number of ether oxygens (including phenoxy) is 1. The van der Waals surface area contributed by atoms with E-state index in [2.05, 4.69) is 29.4 Å². The van der Waals surface area contributed by atoms with Gasteiger partial charge in [-0.05, 0) is 12.3 Å². The van der Waals surface area contributed by atoms with E-state index >= 15 is 0 Å². The third-order valence-corrected chi connectivity index (χ3v) is 2.35. The molecule has 0 aliphatic rings. The molecule has 92 valence electrons. The van der Waals surface area contributed by atoms with Crippen LogP contribution in [-0.2, 0) is 18.3 Å². The first-order valence-electron chi connectivity index (χ1n) is 5.81. The fourth-order valence-electron chi connectivity index (χ4n) is 1.23. The van der Waals surface area contributed by atoms with Crippen LogP contribution in [0.2, 0.25) is 0 Å². The molecule has 5 heteroatoms. The molecule has 0 aromatic carbocycles. The molecule has 0 spiro atoms. The van der Waals surface area contributed by atoms with Gasteiger partial charge in [-0.3, -0.25) is 0 Å². The molecule has 0 unspecified atom stereocenters. The molecule has 1 heterocycles. The zero-order valence-corrected chi connectivity index (χ0v) is 10.4. The van der Waals surface area contributed by atoms with Crippen LogP contribution in [0.25, 0.3) is 0 Å². The Morgan fingerprint density at radius 3 is 2.88 bits per heavy atom. The van der Waals surface area contributed by atoms with Gasteiger partial charge in [0.1, 0.15) is 12.2 Å². The van der Waals surface area contributed by atoms with Crippen LogP contribution in [0.15, 0.2) is 6.33 Å². The van der Waals surface area contributed by atoms with Crippen molar-refractivity contribution in [3.8, 4) is 0 Å². The summed E-state index contributed by atoms with van der Waals surface area (Å²) in [5.74, 6) is 1.66. The van der Waals surface area contributed by atoms with Crippen molar-refractivity contribution in [2.24, 2.45) is 13.0 Å². The van der Waals surface area contributed by atoms with Crippen LogP contribution in [0.3, 0.4) is 0 Å². The highest BCUT2D eigenvalue weighted by Crippen LogP contribution is 1.98. The minimum atomic E-state index is 0.714. The van der Waals surface area contributed by atoms with Gasteiger partial charge in [0, 0.05) is 20.2 Å². The second-order valence-corrected chi connectivity index (χ2v) is 4.33. The summed E-state index contributed by atoms with van der Waals surface area (Å²) >= 11 is 0. The number of aryl methyl sites for hydroxylation is 1. The van der Waals surface area contributed by atoms with Crippen molar-refractivity contribution in [1.29, 1.82) is 0 Å². The summed E-state index contributed by atoms with van der Waals surface area (Å²) in [4.78, 5) is 0. The molecule has 5 nitrogen and oxygen atoms in total. The van der Waals surface area contributed by atoms with Crippen molar-refractivity contribution in [2.75, 3.05) is 19.8 Å². The molecule has 1 N–H and O–H groups in total. The van der Waals surface area contributed by atoms with Crippen LogP contribution in [0.5, 0.6) is 0 Å². The average Bonchev–Trinajstić information content (AvgIpc) is 2.62. The minimum Gasteiger partial charge on any atom is -0.380 e. The summed E-state index contributed by atoms with van der Waals surface area (Å²) < 4.78 is 7.40. The molecule has 0 fully saturated rings. The van der Waals surface area contributed by atoms with Gasteiger partial charge in [-0.15, -0.1) is 10.2 Å². The Morgan fingerprint density at radius 1 is 1.44 bits per heavy atom. The molecular formula is C11H22N4O. The van der Waals surface area contributed by atoms with Gasteiger partial charge in [-0.1, -0.05) is 13.8 Å². The van der Waals surface area contributed by atoms with E-state index in [4.69, 9.17) is 4.74 Å². The fourth-order valence-corrected chi connectivity index (χ4v) is 1.23. The highest BCUT2D eigenvalue weighted by atomic mass is 16.5. The predicted octanol–water partition coefficient (Wildman–Crippen LogP) is 0.967. The van der Waals surface area contributed by atoms with Crippen molar-refractivity contribution in [3.05, 3.63) is 12.2 Å². The Balaban J connectivity index is 1.94. The second-order valence-electron chi connectivity index (χ2n) is 4.33. The number of nitrogens with zero attached hydrogens (tertiary/aromatic N) is 3. The van der Waals surface area contributed by atoms with Crippen LogP contribution < -0.4 is 5.32 Å². The van der Waals surface area contributed by atoms with Crippen molar-refractivity contribution in [2.45, 2.75) is 26.8 Å². The quantitative estimate of drug-likeness (QED) is 0.671. The minimum absolute atomic E-state index is 0.714. The molecule has 0 amide bonds. The third-order valence-electron chi connectivity index (χ3n) is 2.35. The summed E-state index contributed by atoms with van der Waals surface area (Å²) in [5, 5.41) is 11.1. The zero-order chi connectivity index (χ0) is 11.8. The molecule has 1 rings (SSSR count). The van der Waals surface area contributed by atoms with E-state index in [9.17, 15) is 0 Å². The van der Waals surface area contributed by atoms with E-state index in [1.54, 1.807) is 6.33 Å². The van der Waals surface area contributed by atoms with Gasteiger partial charge in [-0.2, -0.15) is 0 Å². The molecule has 1 aromatic rings. The van der Waals surface area contributed by atoms with Crippen molar-refractivity contribution >= 4 is 0 Å². The maximum absolute atomic E-state index is 5.49. The molecule has 0 saturated heterocycles. The number of aromatic nitrogens is 3. The lowest BCUT2D eigenvalue weighted by atomic mass is 10.1. The first-order chi connectivity index (χ1) is 7.70. The number of hydrogen-bond donors (Lipinski definition) is 1. The normalized spacial score (nSPS) is 11.2. The Kier molecular flexibility index (Phi) is 6.03. The third kappa shape index (κ3) is 5.23. The largest absolute Gasteiger partial charge is 0.380 e. The maximum Gasteiger partial charge on any atom is 0.146 e. The lowest BCUT2D eigenvalue weighted by Crippen LogP contribution is -2.21. The van der Waals surface area contributed by atoms with E-state index in [0.717, 1.165) is 38.5 Å². The Hall–Kier alpha value is -0.940. The first kappa shape index (κ1) is 13.1. The van der Waals surface area contributed by atoms with Crippen LogP contribution in [0, 0.1) is 5.92 Å². The summed E-state index contributed by atoms with van der Waals surface area (Å²) in [6.45, 7) is 7.61. The smallest absolute Gasteiger partial charge is 0.146 e. The molecule has 0 aliphatic heterocycles. The monoisotopic (exact) mass is 226 g/mol. The van der Waals surface area contributed by atoms with Gasteiger partial charge < -0.3 is 14.6 Å². The van der Waals surface area contributed by atoms with Crippen molar-refractivity contribution in [1.82, 2.24) is 20.1 Å². The molecule has 0 radical (unpaired) electrons. The van der Waals surface area contributed by atoms with Crippen molar-refractivity contribution < 1.29 is 4.74 Å². The summed E-state index contributed by atoms with van der Waals surface area (Å²) in [6.07, 6.45) is 2.83. The highest BCUT2D eigenvalue weighted by Gasteiger charge is 1.99. The van der Waals surface area contributed by atoms with E-state index in [1.165, 1.54) is 0 Å². The van der Waals surface area contributed by atoms with E-state index < -0.39 is 0 Å². The van der Waals surface area contributed by atoms with Gasteiger partial charge >= 0.3 is 0 Å². The maximum atomic E-state index is 5.49.